The number of nitrogens with one attached hydrogen (secondary N) is 1. The second-order valence-electron chi connectivity index (χ2n) is 8.87. The normalized spacial score (nSPS) is 12.5. The van der Waals surface area contributed by atoms with Gasteiger partial charge in [-0.15, -0.1) is 0 Å². The van der Waals surface area contributed by atoms with Crippen LogP contribution in [0.1, 0.15) is 37.0 Å². The Balaban J connectivity index is 1.91. The largest absolute Gasteiger partial charge is 0.484 e. The lowest BCUT2D eigenvalue weighted by molar-refractivity contribution is -0.143. The number of hydrogen-bond acceptors (Lipinski definition) is 3. The summed E-state index contributed by atoms with van der Waals surface area (Å²) in [7, 11) is 0. The summed E-state index contributed by atoms with van der Waals surface area (Å²) >= 11 is 9.63. The summed E-state index contributed by atoms with van der Waals surface area (Å²) in [6.45, 7) is 5.93. The number of halogens is 2. The SMILES string of the molecule is CCC(C)NC(=O)C(Cc1ccccc1)N(Cc1cccc(Br)c1)C(=O)COc1ccc(Cl)c(C)c1. The van der Waals surface area contributed by atoms with Gasteiger partial charge in [0, 0.05) is 28.5 Å². The summed E-state index contributed by atoms with van der Waals surface area (Å²) in [5.74, 6) is 0.0954. The van der Waals surface area contributed by atoms with E-state index < -0.39 is 6.04 Å². The summed E-state index contributed by atoms with van der Waals surface area (Å²) in [5.41, 5.74) is 2.75. The Labute approximate surface area is 226 Å². The van der Waals surface area contributed by atoms with Crippen molar-refractivity contribution in [1.82, 2.24) is 10.2 Å². The van der Waals surface area contributed by atoms with Gasteiger partial charge in [0.15, 0.2) is 6.61 Å². The van der Waals surface area contributed by atoms with Crippen molar-refractivity contribution in [2.75, 3.05) is 6.61 Å². The Bertz CT molecular complexity index is 1170. The van der Waals surface area contributed by atoms with Crippen molar-refractivity contribution in [3.63, 3.8) is 0 Å². The Morgan fingerprint density at radius 3 is 2.42 bits per heavy atom. The second-order valence-corrected chi connectivity index (χ2v) is 10.2. The van der Waals surface area contributed by atoms with E-state index in [0.29, 0.717) is 17.2 Å². The van der Waals surface area contributed by atoms with Gasteiger partial charge in [-0.2, -0.15) is 0 Å². The molecule has 7 heteroatoms. The average molecular weight is 572 g/mol. The molecule has 0 aliphatic heterocycles. The standard InChI is InChI=1S/C29H32BrClN2O3/c1-4-21(3)32-29(35)27(17-22-9-6-5-7-10-22)33(18-23-11-8-12-24(30)16-23)28(34)19-36-25-13-14-26(31)20(2)15-25/h5-16,21,27H,4,17-19H2,1-3H3,(H,32,35). The predicted molar refractivity (Wildman–Crippen MR) is 148 cm³/mol. The second kappa shape index (κ2) is 13.5. The van der Waals surface area contributed by atoms with Gasteiger partial charge in [0.2, 0.25) is 5.91 Å². The third-order valence-electron chi connectivity index (χ3n) is 6.01. The number of rotatable bonds is 11. The zero-order valence-corrected chi connectivity index (χ0v) is 23.2. The van der Waals surface area contributed by atoms with Crippen molar-refractivity contribution in [3.8, 4) is 5.75 Å². The van der Waals surface area contributed by atoms with Gasteiger partial charge in [-0.3, -0.25) is 9.59 Å². The summed E-state index contributed by atoms with van der Waals surface area (Å²) in [6.07, 6.45) is 1.19. The minimum Gasteiger partial charge on any atom is -0.484 e. The lowest BCUT2D eigenvalue weighted by Gasteiger charge is -2.32. The van der Waals surface area contributed by atoms with Gasteiger partial charge in [0.1, 0.15) is 11.8 Å². The number of amides is 2. The van der Waals surface area contributed by atoms with Crippen LogP contribution in [0.25, 0.3) is 0 Å². The highest BCUT2D eigenvalue weighted by Gasteiger charge is 2.31. The Hall–Kier alpha value is -2.83. The molecule has 0 aromatic heterocycles. The van der Waals surface area contributed by atoms with Crippen molar-refractivity contribution in [1.29, 1.82) is 0 Å². The molecule has 2 atom stereocenters. The highest BCUT2D eigenvalue weighted by atomic mass is 79.9. The topological polar surface area (TPSA) is 58.6 Å². The molecule has 3 aromatic carbocycles. The molecule has 2 amide bonds. The molecule has 0 saturated heterocycles. The lowest BCUT2D eigenvalue weighted by Crippen LogP contribution is -2.53. The minimum absolute atomic E-state index is 0.00751. The van der Waals surface area contributed by atoms with Crippen LogP contribution >= 0.6 is 27.5 Å². The zero-order valence-electron chi connectivity index (χ0n) is 20.8. The first kappa shape index (κ1) is 27.8. The van der Waals surface area contributed by atoms with Crippen molar-refractivity contribution in [2.45, 2.75) is 52.2 Å². The summed E-state index contributed by atoms with van der Waals surface area (Å²) in [5, 5.41) is 3.71. The number of carbonyl (C=O) groups excluding carboxylic acids is 2. The molecule has 0 spiro atoms. The molecule has 5 nitrogen and oxygen atoms in total. The zero-order chi connectivity index (χ0) is 26.1. The molecular formula is C29H32BrClN2O3. The van der Waals surface area contributed by atoms with Crippen LogP contribution in [-0.2, 0) is 22.6 Å². The van der Waals surface area contributed by atoms with Gasteiger partial charge < -0.3 is 15.0 Å². The van der Waals surface area contributed by atoms with Crippen LogP contribution in [0, 0.1) is 6.92 Å². The lowest BCUT2D eigenvalue weighted by atomic mass is 10.0. The highest BCUT2D eigenvalue weighted by Crippen LogP contribution is 2.22. The van der Waals surface area contributed by atoms with Gasteiger partial charge in [-0.1, -0.05) is 76.9 Å². The molecule has 0 radical (unpaired) electrons. The van der Waals surface area contributed by atoms with Crippen molar-refractivity contribution in [2.24, 2.45) is 0 Å². The molecule has 0 saturated carbocycles. The van der Waals surface area contributed by atoms with Crippen LogP contribution in [0.15, 0.2) is 77.3 Å². The molecular weight excluding hydrogens is 540 g/mol. The van der Waals surface area contributed by atoms with Gasteiger partial charge in [0.05, 0.1) is 0 Å². The molecule has 0 aliphatic carbocycles. The van der Waals surface area contributed by atoms with Crippen LogP contribution in [0.2, 0.25) is 5.02 Å². The fraction of sp³-hybridized carbons (Fsp3) is 0.310. The molecule has 36 heavy (non-hydrogen) atoms. The predicted octanol–water partition coefficient (Wildman–Crippen LogP) is 6.34. The van der Waals surface area contributed by atoms with Gasteiger partial charge >= 0.3 is 0 Å². The number of ether oxygens (including phenoxy) is 1. The molecule has 0 heterocycles. The van der Waals surface area contributed by atoms with Gasteiger partial charge in [-0.05, 0) is 67.3 Å². The van der Waals surface area contributed by atoms with E-state index in [0.717, 1.165) is 27.6 Å². The van der Waals surface area contributed by atoms with Gasteiger partial charge in [0.25, 0.3) is 5.91 Å². The quantitative estimate of drug-likeness (QED) is 0.292. The smallest absolute Gasteiger partial charge is 0.261 e. The Kier molecular flexibility index (Phi) is 10.4. The first-order valence-electron chi connectivity index (χ1n) is 12.0. The van der Waals surface area contributed by atoms with E-state index in [2.05, 4.69) is 21.2 Å². The maximum absolute atomic E-state index is 13.6. The van der Waals surface area contributed by atoms with Crippen molar-refractivity contribution >= 4 is 39.3 Å². The third kappa shape index (κ3) is 8.10. The Morgan fingerprint density at radius 1 is 1.03 bits per heavy atom. The molecule has 0 aliphatic rings. The van der Waals surface area contributed by atoms with Crippen molar-refractivity contribution < 1.29 is 14.3 Å². The van der Waals surface area contributed by atoms with Crippen LogP contribution in [-0.4, -0.2) is 35.4 Å². The van der Waals surface area contributed by atoms with Crippen LogP contribution in [0.4, 0.5) is 0 Å². The minimum atomic E-state index is -0.705. The van der Waals surface area contributed by atoms with E-state index >= 15 is 0 Å². The monoisotopic (exact) mass is 570 g/mol. The molecule has 0 bridgehead atoms. The molecule has 0 fully saturated rings. The fourth-order valence-electron chi connectivity index (χ4n) is 3.76. The van der Waals surface area contributed by atoms with Crippen LogP contribution in [0.5, 0.6) is 5.75 Å². The van der Waals surface area contributed by atoms with E-state index in [9.17, 15) is 9.59 Å². The molecule has 3 aromatic rings. The molecule has 190 valence electrons. The third-order valence-corrected chi connectivity index (χ3v) is 6.92. The first-order chi connectivity index (χ1) is 17.3. The van der Waals surface area contributed by atoms with E-state index in [-0.39, 0.29) is 31.0 Å². The maximum Gasteiger partial charge on any atom is 0.261 e. The van der Waals surface area contributed by atoms with E-state index in [1.165, 1.54) is 0 Å². The number of hydrogen-bond donors (Lipinski definition) is 1. The number of aryl methyl sites for hydroxylation is 1. The summed E-state index contributed by atoms with van der Waals surface area (Å²) in [6, 6.07) is 22.1. The van der Waals surface area contributed by atoms with Crippen LogP contribution in [0.3, 0.4) is 0 Å². The van der Waals surface area contributed by atoms with E-state index in [4.69, 9.17) is 16.3 Å². The fourth-order valence-corrected chi connectivity index (χ4v) is 4.33. The van der Waals surface area contributed by atoms with Gasteiger partial charge in [-0.25, -0.2) is 0 Å². The number of carbonyl (C=O) groups is 2. The summed E-state index contributed by atoms with van der Waals surface area (Å²) in [4.78, 5) is 28.8. The molecule has 1 N–H and O–H groups in total. The van der Waals surface area contributed by atoms with Crippen LogP contribution < -0.4 is 10.1 Å². The maximum atomic E-state index is 13.6. The number of nitrogens with zero attached hydrogens (tertiary/aromatic N) is 1. The highest BCUT2D eigenvalue weighted by molar-refractivity contribution is 9.10. The van der Waals surface area contributed by atoms with E-state index in [1.807, 2.05) is 75.4 Å². The molecule has 2 unspecified atom stereocenters. The van der Waals surface area contributed by atoms with Crippen molar-refractivity contribution in [3.05, 3.63) is 99.0 Å². The number of benzene rings is 3. The Morgan fingerprint density at radius 2 is 1.75 bits per heavy atom. The first-order valence-corrected chi connectivity index (χ1v) is 13.2. The van der Waals surface area contributed by atoms with E-state index in [1.54, 1.807) is 23.1 Å². The average Bonchev–Trinajstić information content (AvgIpc) is 2.87. The molecule has 3 rings (SSSR count). The summed E-state index contributed by atoms with van der Waals surface area (Å²) < 4.78 is 6.74.